The minimum atomic E-state index is -1.30. The largest absolute Gasteiger partial charge is 0.465 e. The van der Waals surface area contributed by atoms with Crippen molar-refractivity contribution in [2.75, 3.05) is 37.9 Å². The van der Waals surface area contributed by atoms with Crippen LogP contribution in [0.1, 0.15) is 32.4 Å². The summed E-state index contributed by atoms with van der Waals surface area (Å²) in [4.78, 5) is 35.1. The maximum absolute atomic E-state index is 12.3. The van der Waals surface area contributed by atoms with Gasteiger partial charge in [0.1, 0.15) is 5.15 Å². The quantitative estimate of drug-likeness (QED) is 0.422. The minimum absolute atomic E-state index is 0.0451. The molecule has 2 rings (SSSR count). The molecule has 0 spiro atoms. The SMILES string of the molecule is CCOC(=O)C(C(=O)OCC)c1cc(Cl)nc(N2CCOC[C@@H]2C)n1. The lowest BCUT2D eigenvalue weighted by molar-refractivity contribution is -0.157. The van der Waals surface area contributed by atoms with Crippen LogP contribution in [0.15, 0.2) is 6.07 Å². The Kier molecular flexibility index (Phi) is 6.95. The monoisotopic (exact) mass is 371 g/mol. The first-order valence-corrected chi connectivity index (χ1v) is 8.57. The fourth-order valence-electron chi connectivity index (χ4n) is 2.51. The first kappa shape index (κ1) is 19.4. The fourth-order valence-corrected chi connectivity index (χ4v) is 2.70. The van der Waals surface area contributed by atoms with Crippen LogP contribution in [0.25, 0.3) is 0 Å². The number of morpholine rings is 1. The van der Waals surface area contributed by atoms with Gasteiger partial charge < -0.3 is 19.1 Å². The van der Waals surface area contributed by atoms with Gasteiger partial charge in [-0.1, -0.05) is 11.6 Å². The Morgan fingerprint density at radius 3 is 2.52 bits per heavy atom. The summed E-state index contributed by atoms with van der Waals surface area (Å²) < 4.78 is 15.4. The third kappa shape index (κ3) is 4.79. The molecular formula is C16H22ClN3O5. The molecule has 0 aromatic carbocycles. The topological polar surface area (TPSA) is 90.9 Å². The fraction of sp³-hybridized carbons (Fsp3) is 0.625. The number of aromatic nitrogens is 2. The molecule has 1 aromatic heterocycles. The summed E-state index contributed by atoms with van der Waals surface area (Å²) in [6, 6.07) is 1.43. The van der Waals surface area contributed by atoms with Crippen LogP contribution < -0.4 is 4.90 Å². The van der Waals surface area contributed by atoms with E-state index in [4.69, 9.17) is 25.8 Å². The van der Waals surface area contributed by atoms with E-state index in [-0.39, 0.29) is 30.1 Å². The highest BCUT2D eigenvalue weighted by Gasteiger charge is 2.34. The number of ether oxygens (including phenoxy) is 3. The van der Waals surface area contributed by atoms with E-state index < -0.39 is 17.9 Å². The van der Waals surface area contributed by atoms with Crippen LogP contribution >= 0.6 is 11.6 Å². The Bertz CT molecular complexity index is 610. The van der Waals surface area contributed by atoms with Gasteiger partial charge in [0.15, 0.2) is 5.92 Å². The van der Waals surface area contributed by atoms with Crippen molar-refractivity contribution in [3.8, 4) is 0 Å². The van der Waals surface area contributed by atoms with Crippen molar-refractivity contribution in [1.82, 2.24) is 9.97 Å². The van der Waals surface area contributed by atoms with E-state index in [1.54, 1.807) is 13.8 Å². The first-order valence-electron chi connectivity index (χ1n) is 8.20. The predicted molar refractivity (Wildman–Crippen MR) is 90.7 cm³/mol. The highest BCUT2D eigenvalue weighted by Crippen LogP contribution is 2.24. The molecule has 0 unspecified atom stereocenters. The van der Waals surface area contributed by atoms with Crippen molar-refractivity contribution in [3.05, 3.63) is 16.9 Å². The second-order valence-corrected chi connectivity index (χ2v) is 5.86. The summed E-state index contributed by atoms with van der Waals surface area (Å²) in [5, 5.41) is 0.136. The molecular weight excluding hydrogens is 350 g/mol. The number of hydrogen-bond donors (Lipinski definition) is 0. The van der Waals surface area contributed by atoms with E-state index in [0.29, 0.717) is 25.7 Å². The van der Waals surface area contributed by atoms with Gasteiger partial charge in [0.2, 0.25) is 5.95 Å². The molecule has 0 amide bonds. The van der Waals surface area contributed by atoms with Gasteiger partial charge in [0.05, 0.1) is 38.2 Å². The van der Waals surface area contributed by atoms with Gasteiger partial charge in [-0.2, -0.15) is 0 Å². The molecule has 0 aliphatic carbocycles. The Morgan fingerprint density at radius 2 is 1.96 bits per heavy atom. The molecule has 1 aliphatic heterocycles. The molecule has 0 bridgehead atoms. The Balaban J connectivity index is 2.39. The number of halogens is 1. The van der Waals surface area contributed by atoms with Crippen LogP contribution in [0.4, 0.5) is 5.95 Å². The summed E-state index contributed by atoms with van der Waals surface area (Å²) in [6.45, 7) is 7.23. The molecule has 138 valence electrons. The summed E-state index contributed by atoms with van der Waals surface area (Å²) >= 11 is 6.11. The molecule has 8 nitrogen and oxygen atoms in total. The highest BCUT2D eigenvalue weighted by molar-refractivity contribution is 6.29. The molecule has 0 radical (unpaired) electrons. The van der Waals surface area contributed by atoms with Gasteiger partial charge >= 0.3 is 11.9 Å². The van der Waals surface area contributed by atoms with Crippen LogP contribution in [0, 0.1) is 0 Å². The Labute approximate surface area is 151 Å². The number of hydrogen-bond acceptors (Lipinski definition) is 8. The van der Waals surface area contributed by atoms with Crippen molar-refractivity contribution < 1.29 is 23.8 Å². The average molecular weight is 372 g/mol. The van der Waals surface area contributed by atoms with E-state index in [0.717, 1.165) is 0 Å². The highest BCUT2D eigenvalue weighted by atomic mass is 35.5. The van der Waals surface area contributed by atoms with Crippen molar-refractivity contribution in [1.29, 1.82) is 0 Å². The number of anilines is 1. The van der Waals surface area contributed by atoms with Crippen molar-refractivity contribution >= 4 is 29.5 Å². The molecule has 9 heteroatoms. The van der Waals surface area contributed by atoms with Gasteiger partial charge in [0.25, 0.3) is 0 Å². The van der Waals surface area contributed by atoms with Crippen LogP contribution in [-0.4, -0.2) is 60.9 Å². The van der Waals surface area contributed by atoms with E-state index in [1.807, 2.05) is 11.8 Å². The van der Waals surface area contributed by atoms with E-state index in [2.05, 4.69) is 9.97 Å². The lowest BCUT2D eigenvalue weighted by Crippen LogP contribution is -2.44. The van der Waals surface area contributed by atoms with Gasteiger partial charge in [-0.25, -0.2) is 9.97 Å². The third-order valence-corrected chi connectivity index (χ3v) is 3.86. The molecule has 2 heterocycles. The first-order chi connectivity index (χ1) is 12.0. The lowest BCUT2D eigenvalue weighted by Gasteiger charge is -2.33. The number of carbonyl (C=O) groups excluding carboxylic acids is 2. The minimum Gasteiger partial charge on any atom is -0.465 e. The lowest BCUT2D eigenvalue weighted by atomic mass is 10.1. The van der Waals surface area contributed by atoms with Crippen LogP contribution in [0.5, 0.6) is 0 Å². The maximum Gasteiger partial charge on any atom is 0.326 e. The van der Waals surface area contributed by atoms with Gasteiger partial charge in [0, 0.05) is 6.54 Å². The van der Waals surface area contributed by atoms with Crippen molar-refractivity contribution in [2.45, 2.75) is 32.7 Å². The van der Waals surface area contributed by atoms with Gasteiger partial charge in [-0.05, 0) is 26.8 Å². The molecule has 1 atom stereocenters. The smallest absolute Gasteiger partial charge is 0.326 e. The zero-order chi connectivity index (χ0) is 18.4. The number of esters is 2. The molecule has 0 N–H and O–H groups in total. The maximum atomic E-state index is 12.3. The summed E-state index contributed by atoms with van der Waals surface area (Å²) in [5.41, 5.74) is 0.158. The Morgan fingerprint density at radius 1 is 1.32 bits per heavy atom. The normalized spacial score (nSPS) is 17.5. The number of nitrogens with zero attached hydrogens (tertiary/aromatic N) is 3. The molecule has 1 aromatic rings. The summed E-state index contributed by atoms with van der Waals surface area (Å²) in [7, 11) is 0. The van der Waals surface area contributed by atoms with E-state index >= 15 is 0 Å². The summed E-state index contributed by atoms with van der Waals surface area (Å²) in [5.74, 6) is -2.40. The van der Waals surface area contributed by atoms with Crippen LogP contribution in [-0.2, 0) is 23.8 Å². The second kappa shape index (κ2) is 8.96. The third-order valence-electron chi connectivity index (χ3n) is 3.67. The van der Waals surface area contributed by atoms with Crippen LogP contribution in [0.3, 0.4) is 0 Å². The summed E-state index contributed by atoms with van der Waals surface area (Å²) in [6.07, 6.45) is 0. The molecule has 0 saturated carbocycles. The van der Waals surface area contributed by atoms with Gasteiger partial charge in [-0.3, -0.25) is 9.59 Å². The molecule has 1 aliphatic rings. The molecule has 1 fully saturated rings. The van der Waals surface area contributed by atoms with E-state index in [1.165, 1.54) is 6.07 Å². The predicted octanol–water partition coefficient (Wildman–Crippen LogP) is 1.56. The average Bonchev–Trinajstić information content (AvgIpc) is 2.55. The number of rotatable bonds is 6. The van der Waals surface area contributed by atoms with Crippen molar-refractivity contribution in [3.63, 3.8) is 0 Å². The molecule has 25 heavy (non-hydrogen) atoms. The standard InChI is InChI=1S/C16H22ClN3O5/c1-4-24-14(21)13(15(22)25-5-2)11-8-12(17)19-16(18-11)20-6-7-23-9-10(20)3/h8,10,13H,4-7,9H2,1-3H3/t10-/m0/s1. The van der Waals surface area contributed by atoms with Crippen LogP contribution in [0.2, 0.25) is 5.15 Å². The zero-order valence-corrected chi connectivity index (χ0v) is 15.3. The van der Waals surface area contributed by atoms with Crippen molar-refractivity contribution in [2.24, 2.45) is 0 Å². The Hall–Kier alpha value is -1.93. The van der Waals surface area contributed by atoms with E-state index in [9.17, 15) is 9.59 Å². The zero-order valence-electron chi connectivity index (χ0n) is 14.5. The second-order valence-electron chi connectivity index (χ2n) is 5.47. The van der Waals surface area contributed by atoms with Gasteiger partial charge in [-0.15, -0.1) is 0 Å². The molecule has 1 saturated heterocycles. The number of carbonyl (C=O) groups is 2.